The van der Waals surface area contributed by atoms with Crippen molar-refractivity contribution >= 4 is 21.7 Å². The van der Waals surface area contributed by atoms with Crippen LogP contribution in [0.1, 0.15) is 24.9 Å². The molecule has 1 atom stereocenters. The van der Waals surface area contributed by atoms with E-state index in [1.807, 2.05) is 0 Å². The maximum absolute atomic E-state index is 11.3. The third-order valence-electron chi connectivity index (χ3n) is 2.50. The van der Waals surface area contributed by atoms with Gasteiger partial charge in [-0.05, 0) is 24.6 Å². The minimum Gasteiger partial charge on any atom is -0.481 e. The van der Waals surface area contributed by atoms with Gasteiger partial charge >= 0.3 is 5.97 Å². The molecule has 0 aliphatic heterocycles. The number of carbonyl (C=O) groups excluding carboxylic acids is 1. The molecule has 0 spiro atoms. The Kier molecular flexibility index (Phi) is 4.66. The van der Waals surface area contributed by atoms with Crippen LogP contribution in [0.5, 0.6) is 0 Å². The molecule has 0 aromatic heterocycles. The Hall–Kier alpha value is -1.89. The van der Waals surface area contributed by atoms with E-state index in [0.717, 1.165) is 6.26 Å². The Balaban J connectivity index is 2.76. The van der Waals surface area contributed by atoms with Crippen LogP contribution in [0.4, 0.5) is 0 Å². The molecule has 0 radical (unpaired) electrons. The maximum atomic E-state index is 11.3. The molecular weight excluding hydrogens is 270 g/mol. The van der Waals surface area contributed by atoms with Crippen molar-refractivity contribution in [2.75, 3.05) is 6.26 Å². The number of carboxylic acid groups (broad SMARTS) is 1. The molecule has 1 aromatic carbocycles. The molecule has 0 bridgehead atoms. The molecule has 0 heterocycles. The van der Waals surface area contributed by atoms with Gasteiger partial charge in [0.25, 0.3) is 0 Å². The van der Waals surface area contributed by atoms with Gasteiger partial charge < -0.3 is 10.4 Å². The summed E-state index contributed by atoms with van der Waals surface area (Å²) in [5, 5.41) is 11.0. The number of nitrogens with one attached hydrogen (secondary N) is 1. The number of benzene rings is 1. The highest BCUT2D eigenvalue weighted by atomic mass is 32.2. The van der Waals surface area contributed by atoms with Gasteiger partial charge in [0.2, 0.25) is 5.91 Å². The van der Waals surface area contributed by atoms with Gasteiger partial charge in [0.05, 0.1) is 10.9 Å². The van der Waals surface area contributed by atoms with Crippen molar-refractivity contribution in [2.24, 2.45) is 0 Å². The van der Waals surface area contributed by atoms with Crippen molar-refractivity contribution in [3.8, 4) is 0 Å². The molecule has 0 saturated heterocycles. The van der Waals surface area contributed by atoms with Crippen molar-refractivity contribution in [3.63, 3.8) is 0 Å². The Bertz CT molecular complexity index is 577. The summed E-state index contributed by atoms with van der Waals surface area (Å²) in [6, 6.07) is 5.68. The van der Waals surface area contributed by atoms with E-state index in [1.54, 1.807) is 19.1 Å². The minimum atomic E-state index is -3.25. The zero-order valence-corrected chi connectivity index (χ0v) is 11.4. The molecule has 6 nitrogen and oxygen atoms in total. The van der Waals surface area contributed by atoms with E-state index in [4.69, 9.17) is 5.11 Å². The van der Waals surface area contributed by atoms with Gasteiger partial charge in [-0.1, -0.05) is 12.1 Å². The number of aliphatic carboxylic acids is 1. The molecule has 1 unspecified atom stereocenters. The number of hydrogen-bond donors (Lipinski definition) is 2. The van der Waals surface area contributed by atoms with Crippen molar-refractivity contribution in [1.29, 1.82) is 0 Å². The number of rotatable bonds is 5. The summed E-state index contributed by atoms with van der Waals surface area (Å²) < 4.78 is 22.6. The first-order valence-corrected chi connectivity index (χ1v) is 7.40. The molecule has 0 aliphatic rings. The predicted octanol–water partition coefficient (Wildman–Crippen LogP) is 0.742. The van der Waals surface area contributed by atoms with Crippen LogP contribution in [0.25, 0.3) is 0 Å². The quantitative estimate of drug-likeness (QED) is 0.777. The van der Waals surface area contributed by atoms with Crippen LogP contribution >= 0.6 is 0 Å². The second-order valence-electron chi connectivity index (χ2n) is 4.20. The number of amides is 1. The van der Waals surface area contributed by atoms with Crippen LogP contribution in [0.3, 0.4) is 0 Å². The molecule has 1 aromatic rings. The Morgan fingerprint density at radius 1 is 1.26 bits per heavy atom. The summed E-state index contributed by atoms with van der Waals surface area (Å²) >= 11 is 0. The Morgan fingerprint density at radius 2 is 1.79 bits per heavy atom. The average Bonchev–Trinajstić information content (AvgIpc) is 2.26. The zero-order chi connectivity index (χ0) is 14.6. The fraction of sp³-hybridized carbons (Fsp3) is 0.333. The molecule has 1 amide bonds. The zero-order valence-electron chi connectivity index (χ0n) is 10.6. The van der Waals surface area contributed by atoms with E-state index in [1.165, 1.54) is 12.1 Å². The third-order valence-corrected chi connectivity index (χ3v) is 3.63. The number of carboxylic acids is 1. The van der Waals surface area contributed by atoms with Crippen molar-refractivity contribution in [1.82, 2.24) is 5.32 Å². The monoisotopic (exact) mass is 285 g/mol. The lowest BCUT2D eigenvalue weighted by Crippen LogP contribution is -2.28. The van der Waals surface area contributed by atoms with Gasteiger partial charge in [0, 0.05) is 6.26 Å². The van der Waals surface area contributed by atoms with Gasteiger partial charge in [-0.25, -0.2) is 8.42 Å². The normalized spacial score (nSPS) is 12.7. The fourth-order valence-electron chi connectivity index (χ4n) is 1.52. The van der Waals surface area contributed by atoms with E-state index in [0.29, 0.717) is 5.56 Å². The second-order valence-corrected chi connectivity index (χ2v) is 6.22. The van der Waals surface area contributed by atoms with Crippen LogP contribution in [-0.2, 0) is 19.4 Å². The molecule has 1 rings (SSSR count). The molecule has 104 valence electrons. The predicted molar refractivity (Wildman–Crippen MR) is 68.4 cm³/mol. The number of carbonyl (C=O) groups is 2. The first kappa shape index (κ1) is 15.2. The van der Waals surface area contributed by atoms with Gasteiger partial charge in [0.15, 0.2) is 9.84 Å². The summed E-state index contributed by atoms with van der Waals surface area (Å²) in [4.78, 5) is 21.8. The first-order chi connectivity index (χ1) is 8.70. The van der Waals surface area contributed by atoms with Crippen LogP contribution in [-0.4, -0.2) is 31.7 Å². The van der Waals surface area contributed by atoms with Gasteiger partial charge in [-0.15, -0.1) is 0 Å². The lowest BCUT2D eigenvalue weighted by Gasteiger charge is -2.14. The maximum Gasteiger partial charge on any atom is 0.312 e. The van der Waals surface area contributed by atoms with Crippen molar-refractivity contribution in [3.05, 3.63) is 29.8 Å². The highest BCUT2D eigenvalue weighted by Crippen LogP contribution is 2.16. The largest absolute Gasteiger partial charge is 0.481 e. The molecular formula is C12H15NO5S. The third kappa shape index (κ3) is 4.70. The van der Waals surface area contributed by atoms with Crippen molar-refractivity contribution in [2.45, 2.75) is 24.3 Å². The van der Waals surface area contributed by atoms with E-state index in [-0.39, 0.29) is 10.9 Å². The standard InChI is InChI=1S/C12H15NO5S/c1-8(13-11(14)7-12(15)16)9-3-5-10(6-4-9)19(2,17)18/h3-6,8H,7H2,1-2H3,(H,13,14)(H,15,16). The SMILES string of the molecule is CC(NC(=O)CC(=O)O)c1ccc(S(C)(=O)=O)cc1. The number of sulfone groups is 1. The summed E-state index contributed by atoms with van der Waals surface area (Å²) in [6.07, 6.45) is 0.520. The van der Waals surface area contributed by atoms with Gasteiger partial charge in [0.1, 0.15) is 6.42 Å². The van der Waals surface area contributed by atoms with E-state index < -0.39 is 28.1 Å². The Labute approximate surface area is 111 Å². The summed E-state index contributed by atoms with van der Waals surface area (Å²) in [5.41, 5.74) is 0.700. The van der Waals surface area contributed by atoms with E-state index in [2.05, 4.69) is 5.32 Å². The van der Waals surface area contributed by atoms with Crippen LogP contribution in [0.2, 0.25) is 0 Å². The van der Waals surface area contributed by atoms with Crippen molar-refractivity contribution < 1.29 is 23.1 Å². The lowest BCUT2D eigenvalue weighted by atomic mass is 10.1. The summed E-state index contributed by atoms with van der Waals surface area (Å²) in [7, 11) is -3.25. The lowest BCUT2D eigenvalue weighted by molar-refractivity contribution is -0.140. The first-order valence-electron chi connectivity index (χ1n) is 5.51. The minimum absolute atomic E-state index is 0.195. The molecule has 7 heteroatoms. The Morgan fingerprint density at radius 3 is 2.21 bits per heavy atom. The molecule has 19 heavy (non-hydrogen) atoms. The van der Waals surface area contributed by atoms with Gasteiger partial charge in [-0.2, -0.15) is 0 Å². The molecule has 0 aliphatic carbocycles. The van der Waals surface area contributed by atoms with E-state index >= 15 is 0 Å². The van der Waals surface area contributed by atoms with Gasteiger partial charge in [-0.3, -0.25) is 9.59 Å². The van der Waals surface area contributed by atoms with Crippen LogP contribution in [0.15, 0.2) is 29.2 Å². The molecule has 0 saturated carbocycles. The molecule has 0 fully saturated rings. The number of hydrogen-bond acceptors (Lipinski definition) is 4. The highest BCUT2D eigenvalue weighted by Gasteiger charge is 2.13. The van der Waals surface area contributed by atoms with Crippen LogP contribution in [0, 0.1) is 0 Å². The highest BCUT2D eigenvalue weighted by molar-refractivity contribution is 7.90. The summed E-state index contributed by atoms with van der Waals surface area (Å²) in [6.45, 7) is 1.69. The topological polar surface area (TPSA) is 101 Å². The molecule has 2 N–H and O–H groups in total. The fourth-order valence-corrected chi connectivity index (χ4v) is 2.15. The summed E-state index contributed by atoms with van der Waals surface area (Å²) in [5.74, 6) is -1.79. The van der Waals surface area contributed by atoms with E-state index in [9.17, 15) is 18.0 Å². The second kappa shape index (κ2) is 5.83. The van der Waals surface area contributed by atoms with Crippen LogP contribution < -0.4 is 5.32 Å². The smallest absolute Gasteiger partial charge is 0.312 e. The average molecular weight is 285 g/mol.